The van der Waals surface area contributed by atoms with Crippen molar-refractivity contribution < 1.29 is 33.4 Å². The highest BCUT2D eigenvalue weighted by molar-refractivity contribution is 5.97. The molecule has 0 bridgehead atoms. The Labute approximate surface area is 259 Å². The van der Waals surface area contributed by atoms with Crippen LogP contribution < -0.4 is 0 Å². The molecule has 0 spiro atoms. The van der Waals surface area contributed by atoms with Crippen LogP contribution in [0.2, 0.25) is 0 Å². The number of amides is 2. The summed E-state index contributed by atoms with van der Waals surface area (Å²) in [4.78, 5) is 55.1. The molecule has 1 aliphatic rings. The molecule has 0 aromatic heterocycles. The summed E-state index contributed by atoms with van der Waals surface area (Å²) in [5.74, 6) is -2.96. The van der Waals surface area contributed by atoms with Gasteiger partial charge in [0.05, 0.1) is 12.5 Å². The van der Waals surface area contributed by atoms with Gasteiger partial charge in [-0.15, -0.1) is 0 Å². The summed E-state index contributed by atoms with van der Waals surface area (Å²) in [7, 11) is 0. The van der Waals surface area contributed by atoms with Gasteiger partial charge in [0, 0.05) is 23.5 Å². The number of ether oxygens (including phenoxy) is 3. The molecule has 1 fully saturated rings. The maximum atomic E-state index is 14.4. The molecule has 0 saturated carbocycles. The lowest BCUT2D eigenvalue weighted by Gasteiger charge is -2.38. The largest absolute Gasteiger partial charge is 0.461 e. The molecule has 0 N–H and O–H groups in total. The molecular weight excluding hydrogens is 558 g/mol. The summed E-state index contributed by atoms with van der Waals surface area (Å²) in [6, 6.07) is 27.2. The Kier molecular flexibility index (Phi) is 10.2. The minimum absolute atomic E-state index is 0.00749. The predicted molar refractivity (Wildman–Crippen MR) is 165 cm³/mol. The highest BCUT2D eigenvalue weighted by Crippen LogP contribution is 2.48. The highest BCUT2D eigenvalue weighted by Gasteiger charge is 2.60. The summed E-state index contributed by atoms with van der Waals surface area (Å²) in [6.07, 6.45) is -1.24. The van der Waals surface area contributed by atoms with Crippen LogP contribution in [0.1, 0.15) is 70.6 Å². The van der Waals surface area contributed by atoms with E-state index < -0.39 is 47.1 Å². The van der Waals surface area contributed by atoms with Gasteiger partial charge in [-0.3, -0.25) is 14.4 Å². The average molecular weight is 600 g/mol. The van der Waals surface area contributed by atoms with Gasteiger partial charge in [-0.25, -0.2) is 9.69 Å². The molecule has 3 aromatic rings. The van der Waals surface area contributed by atoms with Crippen molar-refractivity contribution in [2.45, 2.75) is 77.7 Å². The number of hydrogen-bond acceptors (Lipinski definition) is 7. The SMILES string of the molecule is CC(C)[C@H]1N(C(=O)[C@@H](CCC(=O)OC(C)(C)C)CC(=O)OCc2ccccc2)C(=O)OC1(c1ccccc1)c1ccccc1. The minimum Gasteiger partial charge on any atom is -0.461 e. The lowest BCUT2D eigenvalue weighted by molar-refractivity contribution is -0.156. The molecule has 0 radical (unpaired) electrons. The van der Waals surface area contributed by atoms with Crippen molar-refractivity contribution in [1.82, 2.24) is 4.90 Å². The van der Waals surface area contributed by atoms with Crippen LogP contribution in [-0.4, -0.2) is 40.5 Å². The van der Waals surface area contributed by atoms with E-state index in [9.17, 15) is 19.2 Å². The number of hydrogen-bond donors (Lipinski definition) is 0. The number of rotatable bonds is 11. The second-order valence-electron chi connectivity index (χ2n) is 12.4. The summed E-state index contributed by atoms with van der Waals surface area (Å²) in [5.41, 5.74) is 0.253. The molecule has 1 aliphatic heterocycles. The quantitative estimate of drug-likeness (QED) is 0.176. The van der Waals surface area contributed by atoms with Gasteiger partial charge in [-0.1, -0.05) is 105 Å². The number of nitrogens with zero attached hydrogens (tertiary/aromatic N) is 1. The number of imide groups is 1. The zero-order chi connectivity index (χ0) is 31.9. The smallest absolute Gasteiger partial charge is 0.418 e. The van der Waals surface area contributed by atoms with E-state index in [-0.39, 0.29) is 31.8 Å². The molecular formula is C36H41NO7. The van der Waals surface area contributed by atoms with Crippen molar-refractivity contribution in [3.05, 3.63) is 108 Å². The first-order chi connectivity index (χ1) is 20.9. The third-order valence-corrected chi connectivity index (χ3v) is 7.54. The maximum Gasteiger partial charge on any atom is 0.418 e. The van der Waals surface area contributed by atoms with E-state index in [4.69, 9.17) is 14.2 Å². The summed E-state index contributed by atoms with van der Waals surface area (Å²) >= 11 is 0. The topological polar surface area (TPSA) is 99.2 Å². The first kappa shape index (κ1) is 32.5. The molecule has 2 amide bonds. The van der Waals surface area contributed by atoms with Crippen molar-refractivity contribution >= 4 is 23.9 Å². The van der Waals surface area contributed by atoms with E-state index in [0.29, 0.717) is 0 Å². The highest BCUT2D eigenvalue weighted by atomic mass is 16.6. The Morgan fingerprint density at radius 1 is 0.841 bits per heavy atom. The lowest BCUT2D eigenvalue weighted by atomic mass is 9.75. The van der Waals surface area contributed by atoms with Crippen molar-refractivity contribution in [2.24, 2.45) is 11.8 Å². The number of benzene rings is 3. The van der Waals surface area contributed by atoms with Crippen molar-refractivity contribution in [3.8, 4) is 0 Å². The standard InChI is InChI=1S/C36H41NO7/c1-25(2)32-36(28-17-11-7-12-18-28,29-19-13-8-14-20-29)44-34(41)37(32)33(40)27(21-22-30(38)43-35(3,4)5)23-31(39)42-24-26-15-9-6-10-16-26/h6-20,25,27,32H,21-24H2,1-5H3/t27-,32+/m0/s1. The molecule has 8 heteroatoms. The van der Waals surface area contributed by atoms with Crippen LogP contribution >= 0.6 is 0 Å². The molecule has 44 heavy (non-hydrogen) atoms. The molecule has 1 saturated heterocycles. The Bertz CT molecular complexity index is 1390. The third kappa shape index (κ3) is 7.54. The number of carbonyl (C=O) groups excluding carboxylic acids is 4. The fourth-order valence-corrected chi connectivity index (χ4v) is 5.73. The average Bonchev–Trinajstić information content (AvgIpc) is 3.32. The van der Waals surface area contributed by atoms with E-state index >= 15 is 0 Å². The second-order valence-corrected chi connectivity index (χ2v) is 12.4. The van der Waals surface area contributed by atoms with Gasteiger partial charge in [0.25, 0.3) is 0 Å². The number of cyclic esters (lactones) is 1. The molecule has 232 valence electrons. The zero-order valence-corrected chi connectivity index (χ0v) is 26.0. The van der Waals surface area contributed by atoms with Crippen LogP contribution in [0.3, 0.4) is 0 Å². The van der Waals surface area contributed by atoms with Crippen LogP contribution in [0.5, 0.6) is 0 Å². The normalized spacial score (nSPS) is 16.7. The molecule has 2 atom stereocenters. The number of carbonyl (C=O) groups is 4. The molecule has 0 unspecified atom stereocenters. The van der Waals surface area contributed by atoms with E-state index in [1.807, 2.05) is 105 Å². The first-order valence-corrected chi connectivity index (χ1v) is 15.0. The van der Waals surface area contributed by atoms with Crippen molar-refractivity contribution in [2.75, 3.05) is 0 Å². The van der Waals surface area contributed by atoms with Gasteiger partial charge in [-0.2, -0.15) is 0 Å². The first-order valence-electron chi connectivity index (χ1n) is 15.0. The monoisotopic (exact) mass is 599 g/mol. The number of esters is 2. The van der Waals surface area contributed by atoms with Gasteiger partial charge < -0.3 is 14.2 Å². The minimum atomic E-state index is -1.28. The maximum absolute atomic E-state index is 14.4. The van der Waals surface area contributed by atoms with E-state index in [1.54, 1.807) is 20.8 Å². The van der Waals surface area contributed by atoms with Gasteiger partial charge >= 0.3 is 18.0 Å². The van der Waals surface area contributed by atoms with E-state index in [0.717, 1.165) is 21.6 Å². The van der Waals surface area contributed by atoms with Gasteiger partial charge in [0.2, 0.25) is 5.91 Å². The van der Waals surface area contributed by atoms with Gasteiger partial charge in [0.1, 0.15) is 12.2 Å². The molecule has 8 nitrogen and oxygen atoms in total. The molecule has 4 rings (SSSR count). The Morgan fingerprint density at radius 3 is 1.86 bits per heavy atom. The second kappa shape index (κ2) is 13.9. The van der Waals surface area contributed by atoms with Crippen LogP contribution in [0, 0.1) is 11.8 Å². The van der Waals surface area contributed by atoms with Gasteiger partial charge in [0.15, 0.2) is 5.60 Å². The summed E-state index contributed by atoms with van der Waals surface area (Å²) in [6.45, 7) is 9.17. The van der Waals surface area contributed by atoms with Crippen LogP contribution in [0.25, 0.3) is 0 Å². The molecule has 0 aliphatic carbocycles. The Hall–Kier alpha value is -4.46. The van der Waals surface area contributed by atoms with Crippen molar-refractivity contribution in [3.63, 3.8) is 0 Å². The van der Waals surface area contributed by atoms with Crippen molar-refractivity contribution in [1.29, 1.82) is 0 Å². The summed E-state index contributed by atoms with van der Waals surface area (Å²) in [5, 5.41) is 0. The lowest BCUT2D eigenvalue weighted by Crippen LogP contribution is -2.51. The fraction of sp³-hybridized carbons (Fsp3) is 0.389. The Morgan fingerprint density at radius 2 is 1.36 bits per heavy atom. The van der Waals surface area contributed by atoms with Crippen LogP contribution in [0.4, 0.5) is 4.79 Å². The van der Waals surface area contributed by atoms with Gasteiger partial charge in [-0.05, 0) is 38.7 Å². The fourth-order valence-electron chi connectivity index (χ4n) is 5.73. The summed E-state index contributed by atoms with van der Waals surface area (Å²) < 4.78 is 17.2. The molecule has 3 aromatic carbocycles. The van der Waals surface area contributed by atoms with Crippen LogP contribution in [0.15, 0.2) is 91.0 Å². The van der Waals surface area contributed by atoms with E-state index in [1.165, 1.54) is 0 Å². The molecule has 1 heterocycles. The predicted octanol–water partition coefficient (Wildman–Crippen LogP) is 6.81. The zero-order valence-electron chi connectivity index (χ0n) is 26.0. The van der Waals surface area contributed by atoms with E-state index in [2.05, 4.69) is 0 Å². The Balaban J connectivity index is 1.67. The third-order valence-electron chi connectivity index (χ3n) is 7.54. The van der Waals surface area contributed by atoms with Crippen LogP contribution in [-0.2, 0) is 40.8 Å².